The lowest BCUT2D eigenvalue weighted by Gasteiger charge is -2.21. The van der Waals surface area contributed by atoms with Gasteiger partial charge in [0.1, 0.15) is 17.2 Å². The van der Waals surface area contributed by atoms with Gasteiger partial charge in [0.2, 0.25) is 10.0 Å². The third kappa shape index (κ3) is 3.44. The molecule has 0 aliphatic carbocycles. The van der Waals surface area contributed by atoms with Gasteiger partial charge < -0.3 is 9.84 Å². The number of nitrogens with one attached hydrogen (secondary N) is 1. The Kier molecular flexibility index (Phi) is 5.04. The molecule has 0 radical (unpaired) electrons. The summed E-state index contributed by atoms with van der Waals surface area (Å²) in [6, 6.07) is 10.00. The molecule has 10 heteroatoms. The molecule has 0 atom stereocenters. The van der Waals surface area contributed by atoms with Crippen molar-refractivity contribution in [3.05, 3.63) is 46.8 Å². The van der Waals surface area contributed by atoms with Crippen LogP contribution in [0.3, 0.4) is 0 Å². The third-order valence-corrected chi connectivity index (χ3v) is 6.80. The normalized spacial score (nSPS) is 15.1. The van der Waals surface area contributed by atoms with Crippen molar-refractivity contribution in [3.63, 3.8) is 0 Å². The van der Waals surface area contributed by atoms with E-state index in [0.29, 0.717) is 46.6 Å². The largest absolute Gasteiger partial charge is 0.481 e. The zero-order valence-electron chi connectivity index (χ0n) is 16.1. The number of ether oxygens (including phenoxy) is 1. The van der Waals surface area contributed by atoms with E-state index in [1.807, 2.05) is 0 Å². The Morgan fingerprint density at radius 3 is 2.57 bits per heavy atom. The van der Waals surface area contributed by atoms with Gasteiger partial charge in [-0.15, -0.1) is 0 Å². The number of aromatic amines is 1. The molecule has 2 aliphatic heterocycles. The fourth-order valence-electron chi connectivity index (χ4n) is 3.61. The van der Waals surface area contributed by atoms with Gasteiger partial charge in [-0.3, -0.25) is 9.59 Å². The van der Waals surface area contributed by atoms with Crippen LogP contribution in [0.4, 0.5) is 0 Å². The van der Waals surface area contributed by atoms with Crippen LogP contribution in [0.15, 0.2) is 46.1 Å². The number of hydrogen-bond acceptors (Lipinski definition) is 6. The highest BCUT2D eigenvalue weighted by Crippen LogP contribution is 2.45. The molecule has 0 amide bonds. The highest BCUT2D eigenvalue weighted by Gasteiger charge is 2.30. The van der Waals surface area contributed by atoms with Gasteiger partial charge in [-0.2, -0.15) is 9.40 Å². The summed E-state index contributed by atoms with van der Waals surface area (Å²) < 4.78 is 33.1. The minimum atomic E-state index is -3.55. The zero-order valence-corrected chi connectivity index (χ0v) is 16.9. The van der Waals surface area contributed by atoms with E-state index < -0.39 is 16.0 Å². The molecule has 2 aliphatic rings. The number of sulfonamides is 1. The van der Waals surface area contributed by atoms with E-state index in [1.54, 1.807) is 36.4 Å². The van der Waals surface area contributed by atoms with Gasteiger partial charge in [0.15, 0.2) is 0 Å². The van der Waals surface area contributed by atoms with Crippen molar-refractivity contribution in [1.29, 1.82) is 0 Å². The highest BCUT2D eigenvalue weighted by molar-refractivity contribution is 7.89. The van der Waals surface area contributed by atoms with Gasteiger partial charge in [-0.25, -0.2) is 13.5 Å². The number of aliphatic carboxylic acids is 1. The Bertz CT molecular complexity index is 1310. The van der Waals surface area contributed by atoms with Crippen molar-refractivity contribution in [2.24, 2.45) is 0 Å². The molecule has 156 valence electrons. The smallest absolute Gasteiger partial charge is 0.300 e. The number of rotatable bonds is 2. The highest BCUT2D eigenvalue weighted by atomic mass is 32.2. The fraction of sp³-hybridized carbons (Fsp3) is 0.250. The van der Waals surface area contributed by atoms with E-state index in [1.165, 1.54) is 4.31 Å². The van der Waals surface area contributed by atoms with Crippen LogP contribution in [0, 0.1) is 0 Å². The number of aromatic nitrogens is 2. The van der Waals surface area contributed by atoms with Gasteiger partial charge in [0.25, 0.3) is 11.5 Å². The monoisotopic (exact) mass is 429 g/mol. The van der Waals surface area contributed by atoms with Crippen LogP contribution in [0.2, 0.25) is 0 Å². The first-order chi connectivity index (χ1) is 14.3. The van der Waals surface area contributed by atoms with Crippen LogP contribution in [-0.4, -0.2) is 47.1 Å². The molecule has 0 spiro atoms. The van der Waals surface area contributed by atoms with Crippen LogP contribution in [0.5, 0.6) is 11.5 Å². The van der Waals surface area contributed by atoms with E-state index >= 15 is 0 Å². The van der Waals surface area contributed by atoms with Gasteiger partial charge in [-0.05, 0) is 43.2 Å². The van der Waals surface area contributed by atoms with E-state index in [2.05, 4.69) is 10.2 Å². The Hall–Kier alpha value is -3.24. The number of nitrogens with zero attached hydrogens (tertiary/aromatic N) is 2. The van der Waals surface area contributed by atoms with Crippen molar-refractivity contribution in [2.75, 3.05) is 13.1 Å². The SMILES string of the molecule is CC(=O)O.O=c1[nH]nc2c3c(cccc13)Oc1ccc(S(=O)(=O)N3CCCC3)cc1-2. The number of benzene rings is 2. The maximum absolute atomic E-state index is 12.9. The van der Waals surface area contributed by atoms with Crippen LogP contribution in [0.1, 0.15) is 19.8 Å². The molecular weight excluding hydrogens is 410 g/mol. The number of H-pyrrole nitrogens is 1. The molecule has 3 heterocycles. The van der Waals surface area contributed by atoms with Crippen LogP contribution in [0.25, 0.3) is 22.0 Å². The Balaban J connectivity index is 0.000000503. The lowest BCUT2D eigenvalue weighted by atomic mass is 10.0. The standard InChI is InChI=1S/C18H15N3O4S.C2H4O2/c22-18-12-4-3-5-15-16(12)17(19-20-18)13-10-11(6-7-14(13)25-15)26(23,24)21-8-1-2-9-21;1-2(3)4/h3-7,10H,1-2,8-9H2,(H,20,22);1H3,(H,3,4). The molecule has 0 bridgehead atoms. The third-order valence-electron chi connectivity index (χ3n) is 4.91. The summed E-state index contributed by atoms with van der Waals surface area (Å²) in [4.78, 5) is 21.3. The van der Waals surface area contributed by atoms with Crippen molar-refractivity contribution in [2.45, 2.75) is 24.7 Å². The number of carbonyl (C=O) groups is 1. The average Bonchev–Trinajstić information content (AvgIpc) is 3.25. The molecule has 30 heavy (non-hydrogen) atoms. The van der Waals surface area contributed by atoms with Gasteiger partial charge in [0, 0.05) is 25.6 Å². The topological polar surface area (TPSA) is 130 Å². The van der Waals surface area contributed by atoms with Crippen molar-refractivity contribution in [1.82, 2.24) is 14.5 Å². The first kappa shape index (κ1) is 20.0. The van der Waals surface area contributed by atoms with Crippen LogP contribution in [-0.2, 0) is 14.8 Å². The van der Waals surface area contributed by atoms with Crippen LogP contribution < -0.4 is 10.3 Å². The summed E-state index contributed by atoms with van der Waals surface area (Å²) in [5.41, 5.74) is 0.777. The minimum absolute atomic E-state index is 0.210. The van der Waals surface area contributed by atoms with E-state index in [9.17, 15) is 13.2 Å². The summed E-state index contributed by atoms with van der Waals surface area (Å²) in [5.74, 6) is 0.226. The van der Waals surface area contributed by atoms with Gasteiger partial charge in [-0.1, -0.05) is 6.07 Å². The second-order valence-corrected chi connectivity index (χ2v) is 8.91. The minimum Gasteiger partial charge on any atom is -0.481 e. The van der Waals surface area contributed by atoms with Crippen molar-refractivity contribution in [3.8, 4) is 22.8 Å². The summed E-state index contributed by atoms with van der Waals surface area (Å²) in [6.45, 7) is 2.17. The predicted molar refractivity (Wildman–Crippen MR) is 109 cm³/mol. The summed E-state index contributed by atoms with van der Waals surface area (Å²) in [7, 11) is -3.55. The molecular formula is C20H19N3O6S. The molecule has 3 aromatic rings. The first-order valence-corrected chi connectivity index (χ1v) is 10.8. The molecule has 1 aromatic heterocycles. The Morgan fingerprint density at radius 2 is 1.87 bits per heavy atom. The maximum Gasteiger partial charge on any atom is 0.300 e. The van der Waals surface area contributed by atoms with E-state index in [4.69, 9.17) is 14.6 Å². The molecule has 1 fully saturated rings. The summed E-state index contributed by atoms with van der Waals surface area (Å²) in [5, 5.41) is 15.1. The number of carboxylic acid groups (broad SMARTS) is 1. The first-order valence-electron chi connectivity index (χ1n) is 9.32. The van der Waals surface area contributed by atoms with Gasteiger partial charge in [0.05, 0.1) is 15.7 Å². The van der Waals surface area contributed by atoms with Crippen molar-refractivity contribution < 1.29 is 23.1 Å². The molecule has 9 nitrogen and oxygen atoms in total. The molecule has 1 saturated heterocycles. The molecule has 2 aromatic carbocycles. The van der Waals surface area contributed by atoms with E-state index in [0.717, 1.165) is 19.8 Å². The zero-order chi connectivity index (χ0) is 21.5. The van der Waals surface area contributed by atoms with Gasteiger partial charge >= 0.3 is 0 Å². The molecule has 0 saturated carbocycles. The quantitative estimate of drug-likeness (QED) is 0.501. The molecule has 0 unspecified atom stereocenters. The number of hydrogen-bond donors (Lipinski definition) is 2. The van der Waals surface area contributed by atoms with Crippen LogP contribution >= 0.6 is 0 Å². The summed E-state index contributed by atoms with van der Waals surface area (Å²) >= 11 is 0. The van der Waals surface area contributed by atoms with Crippen molar-refractivity contribution >= 4 is 26.8 Å². The second kappa shape index (κ2) is 7.54. The second-order valence-electron chi connectivity index (χ2n) is 6.97. The Morgan fingerprint density at radius 1 is 1.17 bits per heavy atom. The molecule has 5 rings (SSSR count). The maximum atomic E-state index is 12.9. The summed E-state index contributed by atoms with van der Waals surface area (Å²) in [6.07, 6.45) is 1.76. The average molecular weight is 429 g/mol. The number of carboxylic acids is 1. The number of fused-ring (bicyclic) bond motifs is 2. The Labute approximate surface area is 172 Å². The fourth-order valence-corrected chi connectivity index (χ4v) is 5.15. The lowest BCUT2D eigenvalue weighted by Crippen LogP contribution is -2.27. The predicted octanol–water partition coefficient (Wildman–Crippen LogP) is 2.57. The lowest BCUT2D eigenvalue weighted by molar-refractivity contribution is -0.134. The van der Waals surface area contributed by atoms with E-state index in [-0.39, 0.29) is 10.5 Å². The molecule has 2 N–H and O–H groups in total.